The molecule has 1 aliphatic heterocycles. The number of hydrogen-bond donors (Lipinski definition) is 2. The standard InChI is InChI=1S/C16H26N2OS.ClH/c1-13(11-15-3-2-10-20-15)12-18-16(19)5-4-14-6-8-17-9-7-14;/h2-3,10,13-14,17H,4-9,11-12H2,1H3,(H,18,19);1H. The molecule has 0 saturated carbocycles. The van der Waals surface area contributed by atoms with Gasteiger partial charge in [-0.2, -0.15) is 0 Å². The molecule has 0 radical (unpaired) electrons. The highest BCUT2D eigenvalue weighted by molar-refractivity contribution is 7.09. The molecule has 1 unspecified atom stereocenters. The third-order valence-corrected chi connectivity index (χ3v) is 4.91. The number of carbonyl (C=O) groups excluding carboxylic acids is 1. The number of halogens is 1. The van der Waals surface area contributed by atoms with Crippen molar-refractivity contribution in [1.29, 1.82) is 0 Å². The second kappa shape index (κ2) is 10.2. The lowest BCUT2D eigenvalue weighted by atomic mass is 9.93. The van der Waals surface area contributed by atoms with Crippen molar-refractivity contribution in [3.05, 3.63) is 22.4 Å². The summed E-state index contributed by atoms with van der Waals surface area (Å²) < 4.78 is 0. The van der Waals surface area contributed by atoms with Crippen LogP contribution in [0, 0.1) is 11.8 Å². The number of rotatable bonds is 7. The van der Waals surface area contributed by atoms with E-state index in [2.05, 4.69) is 35.1 Å². The first kappa shape index (κ1) is 18.5. The minimum absolute atomic E-state index is 0. The van der Waals surface area contributed by atoms with E-state index in [4.69, 9.17) is 0 Å². The van der Waals surface area contributed by atoms with Crippen LogP contribution in [-0.2, 0) is 11.2 Å². The third-order valence-electron chi connectivity index (χ3n) is 4.02. The van der Waals surface area contributed by atoms with E-state index in [-0.39, 0.29) is 18.3 Å². The van der Waals surface area contributed by atoms with E-state index in [1.165, 1.54) is 17.7 Å². The molecule has 2 N–H and O–H groups in total. The average molecular weight is 331 g/mol. The van der Waals surface area contributed by atoms with Crippen molar-refractivity contribution in [3.63, 3.8) is 0 Å². The minimum atomic E-state index is 0. The molecule has 5 heteroatoms. The molecule has 0 spiro atoms. The van der Waals surface area contributed by atoms with Crippen molar-refractivity contribution in [2.75, 3.05) is 19.6 Å². The second-order valence-electron chi connectivity index (χ2n) is 5.92. The van der Waals surface area contributed by atoms with Crippen LogP contribution in [0.25, 0.3) is 0 Å². The van der Waals surface area contributed by atoms with Gasteiger partial charge in [-0.1, -0.05) is 13.0 Å². The van der Waals surface area contributed by atoms with Gasteiger partial charge < -0.3 is 10.6 Å². The van der Waals surface area contributed by atoms with E-state index in [0.717, 1.165) is 38.4 Å². The van der Waals surface area contributed by atoms with Crippen LogP contribution in [0.15, 0.2) is 17.5 Å². The van der Waals surface area contributed by atoms with Gasteiger partial charge in [-0.15, -0.1) is 23.7 Å². The van der Waals surface area contributed by atoms with Crippen LogP contribution in [0.2, 0.25) is 0 Å². The van der Waals surface area contributed by atoms with E-state index in [1.807, 2.05) is 0 Å². The summed E-state index contributed by atoms with van der Waals surface area (Å²) in [6.45, 7) is 5.23. The first-order valence-electron chi connectivity index (χ1n) is 7.74. The Morgan fingerprint density at radius 2 is 2.24 bits per heavy atom. The van der Waals surface area contributed by atoms with E-state index in [1.54, 1.807) is 11.3 Å². The molecule has 1 amide bonds. The Bertz CT molecular complexity index is 391. The van der Waals surface area contributed by atoms with Crippen LogP contribution in [0.5, 0.6) is 0 Å². The van der Waals surface area contributed by atoms with Crippen LogP contribution in [-0.4, -0.2) is 25.5 Å². The molecule has 120 valence electrons. The molecular formula is C16H27ClN2OS. The molecule has 1 fully saturated rings. The Hall–Kier alpha value is -0.580. The third kappa shape index (κ3) is 7.30. The number of hydrogen-bond acceptors (Lipinski definition) is 3. The number of piperidine rings is 1. The van der Waals surface area contributed by atoms with Crippen molar-refractivity contribution in [3.8, 4) is 0 Å². The average Bonchev–Trinajstić information content (AvgIpc) is 2.97. The van der Waals surface area contributed by atoms with Gasteiger partial charge in [0, 0.05) is 17.8 Å². The summed E-state index contributed by atoms with van der Waals surface area (Å²) >= 11 is 1.80. The number of carbonyl (C=O) groups is 1. The van der Waals surface area contributed by atoms with Crippen molar-refractivity contribution in [2.24, 2.45) is 11.8 Å². The molecule has 2 rings (SSSR count). The van der Waals surface area contributed by atoms with Gasteiger partial charge >= 0.3 is 0 Å². The fourth-order valence-corrected chi connectivity index (χ4v) is 3.60. The maximum absolute atomic E-state index is 11.9. The lowest BCUT2D eigenvalue weighted by Crippen LogP contribution is -2.31. The predicted molar refractivity (Wildman–Crippen MR) is 92.3 cm³/mol. The van der Waals surface area contributed by atoms with Crippen LogP contribution < -0.4 is 10.6 Å². The lowest BCUT2D eigenvalue weighted by molar-refractivity contribution is -0.121. The van der Waals surface area contributed by atoms with E-state index in [9.17, 15) is 4.79 Å². The lowest BCUT2D eigenvalue weighted by Gasteiger charge is -2.22. The van der Waals surface area contributed by atoms with Crippen LogP contribution >= 0.6 is 23.7 Å². The highest BCUT2D eigenvalue weighted by Crippen LogP contribution is 2.17. The Kier molecular flexibility index (Phi) is 8.97. The van der Waals surface area contributed by atoms with Gasteiger partial charge in [0.15, 0.2) is 0 Å². The maximum Gasteiger partial charge on any atom is 0.220 e. The predicted octanol–water partition coefficient (Wildman–Crippen LogP) is 3.24. The molecule has 1 aliphatic rings. The second-order valence-corrected chi connectivity index (χ2v) is 6.96. The van der Waals surface area contributed by atoms with Crippen molar-refractivity contribution in [1.82, 2.24) is 10.6 Å². The molecule has 0 aromatic carbocycles. The van der Waals surface area contributed by atoms with Crippen molar-refractivity contribution >= 4 is 29.7 Å². The number of thiophene rings is 1. The topological polar surface area (TPSA) is 41.1 Å². The first-order chi connectivity index (χ1) is 9.74. The van der Waals surface area contributed by atoms with Gasteiger partial charge in [0.1, 0.15) is 0 Å². The zero-order chi connectivity index (χ0) is 14.2. The Balaban J connectivity index is 0.00000220. The summed E-state index contributed by atoms with van der Waals surface area (Å²) in [5, 5.41) is 8.56. The molecule has 21 heavy (non-hydrogen) atoms. The molecule has 1 aromatic rings. The van der Waals surface area contributed by atoms with Crippen molar-refractivity contribution in [2.45, 2.75) is 39.0 Å². The summed E-state index contributed by atoms with van der Waals surface area (Å²) in [6, 6.07) is 4.25. The maximum atomic E-state index is 11.9. The Morgan fingerprint density at radius 1 is 1.48 bits per heavy atom. The van der Waals surface area contributed by atoms with Gasteiger partial charge in [0.2, 0.25) is 5.91 Å². The van der Waals surface area contributed by atoms with Crippen LogP contribution in [0.3, 0.4) is 0 Å². The zero-order valence-corrected chi connectivity index (χ0v) is 14.4. The summed E-state index contributed by atoms with van der Waals surface area (Å²) in [5.41, 5.74) is 0. The molecular weight excluding hydrogens is 304 g/mol. The molecule has 0 bridgehead atoms. The largest absolute Gasteiger partial charge is 0.356 e. The molecule has 1 aromatic heterocycles. The van der Waals surface area contributed by atoms with Crippen LogP contribution in [0.4, 0.5) is 0 Å². The first-order valence-corrected chi connectivity index (χ1v) is 8.62. The minimum Gasteiger partial charge on any atom is -0.356 e. The summed E-state index contributed by atoms with van der Waals surface area (Å²) in [7, 11) is 0. The zero-order valence-electron chi connectivity index (χ0n) is 12.8. The SMILES string of the molecule is CC(CNC(=O)CCC1CCNCC1)Cc1cccs1.Cl. The molecule has 3 nitrogen and oxygen atoms in total. The summed E-state index contributed by atoms with van der Waals surface area (Å²) in [5.74, 6) is 1.48. The Labute approximate surface area is 138 Å². The van der Waals surface area contributed by atoms with E-state index < -0.39 is 0 Å². The monoisotopic (exact) mass is 330 g/mol. The highest BCUT2D eigenvalue weighted by Gasteiger charge is 2.14. The van der Waals surface area contributed by atoms with Crippen molar-refractivity contribution < 1.29 is 4.79 Å². The summed E-state index contributed by atoms with van der Waals surface area (Å²) in [6.07, 6.45) is 5.25. The van der Waals surface area contributed by atoms with E-state index >= 15 is 0 Å². The van der Waals surface area contributed by atoms with Gasteiger partial charge in [0.05, 0.1) is 0 Å². The van der Waals surface area contributed by atoms with E-state index in [0.29, 0.717) is 12.3 Å². The molecule has 1 saturated heterocycles. The van der Waals surface area contributed by atoms with Gasteiger partial charge in [-0.05, 0) is 62.1 Å². The smallest absolute Gasteiger partial charge is 0.220 e. The Morgan fingerprint density at radius 3 is 2.90 bits per heavy atom. The highest BCUT2D eigenvalue weighted by atomic mass is 35.5. The fraction of sp³-hybridized carbons (Fsp3) is 0.688. The summed E-state index contributed by atoms with van der Waals surface area (Å²) in [4.78, 5) is 13.3. The number of nitrogens with one attached hydrogen (secondary N) is 2. The molecule has 1 atom stereocenters. The number of amides is 1. The quantitative estimate of drug-likeness (QED) is 0.805. The van der Waals surface area contributed by atoms with Crippen LogP contribution in [0.1, 0.15) is 37.5 Å². The fourth-order valence-electron chi connectivity index (χ4n) is 2.73. The van der Waals surface area contributed by atoms with Gasteiger partial charge in [-0.25, -0.2) is 0 Å². The molecule has 0 aliphatic carbocycles. The normalized spacial score (nSPS) is 17.0. The van der Waals surface area contributed by atoms with Gasteiger partial charge in [0.25, 0.3) is 0 Å². The molecule has 2 heterocycles. The van der Waals surface area contributed by atoms with Gasteiger partial charge in [-0.3, -0.25) is 4.79 Å².